The molecule has 0 radical (unpaired) electrons. The molecule has 1 unspecified atom stereocenters. The zero-order valence-corrected chi connectivity index (χ0v) is 15.0. The van der Waals surface area contributed by atoms with Gasteiger partial charge in [-0.05, 0) is 19.1 Å². The minimum Gasteiger partial charge on any atom is -0.465 e. The summed E-state index contributed by atoms with van der Waals surface area (Å²) >= 11 is 5.96. The summed E-state index contributed by atoms with van der Waals surface area (Å²) in [5.41, 5.74) is -2.81. The lowest BCUT2D eigenvalue weighted by atomic mass is 9.95. The highest BCUT2D eigenvalue weighted by atomic mass is 35.5. The molecule has 144 valence electrons. The first-order chi connectivity index (χ1) is 12.6. The summed E-state index contributed by atoms with van der Waals surface area (Å²) in [6, 6.07) is 4.74. The van der Waals surface area contributed by atoms with Crippen LogP contribution in [0.4, 0.5) is 20.2 Å². The Bertz CT molecular complexity index is 905. The molecule has 27 heavy (non-hydrogen) atoms. The summed E-state index contributed by atoms with van der Waals surface area (Å²) in [4.78, 5) is 22.2. The van der Waals surface area contributed by atoms with E-state index in [0.717, 1.165) is 31.4 Å². The van der Waals surface area contributed by atoms with Crippen molar-refractivity contribution >= 4 is 28.9 Å². The number of benzene rings is 2. The number of nitrogens with one attached hydrogen (secondary N) is 1. The molecule has 0 saturated heterocycles. The normalized spacial score (nSPS) is 13.0. The average Bonchev–Trinajstić information content (AvgIpc) is 2.58. The van der Waals surface area contributed by atoms with E-state index in [1.54, 1.807) is 0 Å². The summed E-state index contributed by atoms with van der Waals surface area (Å²) in [6.45, 7) is 0.900. The number of esters is 1. The third-order valence-electron chi connectivity index (χ3n) is 3.82. The van der Waals surface area contributed by atoms with Crippen molar-refractivity contribution in [2.24, 2.45) is 0 Å². The van der Waals surface area contributed by atoms with Gasteiger partial charge in [0.05, 0.1) is 22.6 Å². The summed E-state index contributed by atoms with van der Waals surface area (Å²) in [5.74, 6) is -2.62. The number of carbonyl (C=O) groups is 1. The van der Waals surface area contributed by atoms with Gasteiger partial charge in [-0.1, -0.05) is 17.7 Å². The number of anilines is 1. The van der Waals surface area contributed by atoms with Gasteiger partial charge in [0, 0.05) is 24.2 Å². The summed E-state index contributed by atoms with van der Waals surface area (Å²) in [6.07, 6.45) is 0. The van der Waals surface area contributed by atoms with E-state index in [1.807, 2.05) is 0 Å². The number of aliphatic hydroxyl groups is 1. The molecule has 0 heterocycles. The second-order valence-corrected chi connectivity index (χ2v) is 6.26. The monoisotopic (exact) mass is 400 g/mol. The zero-order chi connectivity index (χ0) is 20.4. The number of nitrogens with zero attached hydrogens (tertiary/aromatic N) is 1. The van der Waals surface area contributed by atoms with Crippen molar-refractivity contribution < 1.29 is 28.3 Å². The molecule has 0 saturated carbocycles. The Morgan fingerprint density at radius 1 is 1.37 bits per heavy atom. The smallest absolute Gasteiger partial charge is 0.339 e. The predicted octanol–water partition coefficient (Wildman–Crippen LogP) is 3.63. The van der Waals surface area contributed by atoms with Gasteiger partial charge in [-0.3, -0.25) is 10.1 Å². The van der Waals surface area contributed by atoms with Crippen LogP contribution in [0.5, 0.6) is 0 Å². The molecule has 2 rings (SSSR count). The fraction of sp³-hybridized carbons (Fsp3) is 0.235. The Morgan fingerprint density at radius 2 is 2.04 bits per heavy atom. The van der Waals surface area contributed by atoms with Gasteiger partial charge in [-0.15, -0.1) is 0 Å². The quantitative estimate of drug-likeness (QED) is 0.436. The van der Waals surface area contributed by atoms with E-state index < -0.39 is 33.8 Å². The largest absolute Gasteiger partial charge is 0.465 e. The highest BCUT2D eigenvalue weighted by molar-refractivity contribution is 6.34. The Kier molecular flexibility index (Phi) is 5.97. The Balaban J connectivity index is 2.35. The molecule has 0 fully saturated rings. The van der Waals surface area contributed by atoms with E-state index in [9.17, 15) is 28.8 Å². The first-order valence-electron chi connectivity index (χ1n) is 7.55. The number of ether oxygens (including phenoxy) is 1. The Labute approximate surface area is 157 Å². The van der Waals surface area contributed by atoms with Crippen molar-refractivity contribution in [3.63, 3.8) is 0 Å². The maximum absolute atomic E-state index is 13.9. The molecular weight excluding hydrogens is 386 g/mol. The van der Waals surface area contributed by atoms with Crippen LogP contribution in [-0.2, 0) is 10.3 Å². The lowest BCUT2D eigenvalue weighted by Gasteiger charge is -2.25. The molecule has 0 amide bonds. The standard InChI is InChI=1S/C17H15ClF2N2O5/c1-17(24,11-4-3-9(19)5-13(11)20)8-21-14-7-12(18)10(16(23)27-2)6-15(14)22(25)26/h3-7,21,24H,8H2,1-2H3. The molecule has 0 aromatic heterocycles. The molecule has 0 aliphatic carbocycles. The number of rotatable bonds is 6. The van der Waals surface area contributed by atoms with Crippen LogP contribution in [0.1, 0.15) is 22.8 Å². The molecule has 2 aromatic carbocycles. The van der Waals surface area contributed by atoms with Crippen LogP contribution in [0.25, 0.3) is 0 Å². The molecular formula is C17H15ClF2N2O5. The van der Waals surface area contributed by atoms with E-state index in [2.05, 4.69) is 10.1 Å². The first-order valence-corrected chi connectivity index (χ1v) is 7.92. The molecule has 0 bridgehead atoms. The predicted molar refractivity (Wildman–Crippen MR) is 93.9 cm³/mol. The van der Waals surface area contributed by atoms with Crippen LogP contribution >= 0.6 is 11.6 Å². The number of carbonyl (C=O) groups excluding carboxylic acids is 1. The van der Waals surface area contributed by atoms with E-state index >= 15 is 0 Å². The number of hydrogen-bond acceptors (Lipinski definition) is 6. The Hall–Kier alpha value is -2.78. The van der Waals surface area contributed by atoms with Gasteiger partial charge < -0.3 is 15.2 Å². The van der Waals surface area contributed by atoms with Crippen molar-refractivity contribution in [1.82, 2.24) is 0 Å². The Morgan fingerprint density at radius 3 is 2.59 bits per heavy atom. The fourth-order valence-electron chi connectivity index (χ4n) is 2.41. The van der Waals surface area contributed by atoms with Gasteiger partial charge >= 0.3 is 5.97 Å². The van der Waals surface area contributed by atoms with Crippen molar-refractivity contribution in [3.05, 3.63) is 68.2 Å². The molecule has 1 atom stereocenters. The van der Waals surface area contributed by atoms with Crippen molar-refractivity contribution in [2.45, 2.75) is 12.5 Å². The highest BCUT2D eigenvalue weighted by Crippen LogP contribution is 2.33. The topological polar surface area (TPSA) is 102 Å². The van der Waals surface area contributed by atoms with E-state index in [-0.39, 0.29) is 28.4 Å². The van der Waals surface area contributed by atoms with Gasteiger partial charge in [0.25, 0.3) is 5.69 Å². The van der Waals surface area contributed by atoms with E-state index in [4.69, 9.17) is 11.6 Å². The lowest BCUT2D eigenvalue weighted by molar-refractivity contribution is -0.384. The third-order valence-corrected chi connectivity index (χ3v) is 4.13. The number of methoxy groups -OCH3 is 1. The minimum atomic E-state index is -1.82. The van der Waals surface area contributed by atoms with Crippen molar-refractivity contribution in [3.8, 4) is 0 Å². The van der Waals surface area contributed by atoms with Crippen LogP contribution in [0.3, 0.4) is 0 Å². The maximum atomic E-state index is 13.9. The van der Waals surface area contributed by atoms with Gasteiger partial charge in [0.15, 0.2) is 0 Å². The second-order valence-electron chi connectivity index (χ2n) is 5.85. The van der Waals surface area contributed by atoms with Gasteiger partial charge in [-0.25, -0.2) is 13.6 Å². The molecule has 0 aliphatic heterocycles. The maximum Gasteiger partial charge on any atom is 0.339 e. The lowest BCUT2D eigenvalue weighted by Crippen LogP contribution is -2.32. The fourth-order valence-corrected chi connectivity index (χ4v) is 2.65. The first kappa shape index (κ1) is 20.5. The van der Waals surface area contributed by atoms with Gasteiger partial charge in [-0.2, -0.15) is 0 Å². The van der Waals surface area contributed by atoms with Crippen molar-refractivity contribution in [1.29, 1.82) is 0 Å². The summed E-state index contributed by atoms with van der Waals surface area (Å²) < 4.78 is 31.5. The highest BCUT2D eigenvalue weighted by Gasteiger charge is 2.29. The zero-order valence-electron chi connectivity index (χ0n) is 14.3. The SMILES string of the molecule is COC(=O)c1cc([N+](=O)[O-])c(NCC(C)(O)c2ccc(F)cc2F)cc1Cl. The number of hydrogen-bond donors (Lipinski definition) is 2. The second kappa shape index (κ2) is 7.85. The van der Waals surface area contributed by atoms with Gasteiger partial charge in [0.2, 0.25) is 0 Å². The van der Waals surface area contributed by atoms with Crippen LogP contribution in [0.15, 0.2) is 30.3 Å². The van der Waals surface area contributed by atoms with Crippen molar-refractivity contribution in [2.75, 3.05) is 19.0 Å². The number of nitro groups is 1. The summed E-state index contributed by atoms with van der Waals surface area (Å²) in [5, 5.41) is 24.3. The van der Waals surface area contributed by atoms with Crippen LogP contribution in [0.2, 0.25) is 5.02 Å². The number of nitro benzene ring substituents is 1. The molecule has 0 spiro atoms. The number of halogens is 3. The van der Waals surface area contributed by atoms with Gasteiger partial charge in [0.1, 0.15) is 22.9 Å². The molecule has 2 aromatic rings. The molecule has 10 heteroatoms. The average molecular weight is 401 g/mol. The minimum absolute atomic E-state index is 0.0968. The van der Waals surface area contributed by atoms with Crippen LogP contribution in [-0.4, -0.2) is 29.7 Å². The molecule has 0 aliphatic rings. The summed E-state index contributed by atoms with van der Waals surface area (Å²) in [7, 11) is 1.10. The molecule has 2 N–H and O–H groups in total. The van der Waals surface area contributed by atoms with Crippen LogP contribution in [0, 0.1) is 21.7 Å². The van der Waals surface area contributed by atoms with E-state index in [0.29, 0.717) is 6.07 Å². The molecule has 7 nitrogen and oxygen atoms in total. The third kappa shape index (κ3) is 4.50. The van der Waals surface area contributed by atoms with Crippen LogP contribution < -0.4 is 5.32 Å². The van der Waals surface area contributed by atoms with E-state index in [1.165, 1.54) is 6.92 Å².